The summed E-state index contributed by atoms with van der Waals surface area (Å²) in [4.78, 5) is 12.4. The fourth-order valence-electron chi connectivity index (χ4n) is 2.95. The van der Waals surface area contributed by atoms with Crippen LogP contribution >= 0.6 is 0 Å². The number of benzene rings is 1. The molecule has 0 bridgehead atoms. The molecule has 1 aromatic rings. The standard InChI is InChI=1S/C19H26O2/c1-15-7-4-5-9-17(15)16(2)8-6-10-18(20)19(3)11-13-21-14-12-19/h4-5,7-9H,6,10-14H2,1-3H3/b16-8-. The molecule has 0 spiro atoms. The van der Waals surface area contributed by atoms with E-state index in [0.29, 0.717) is 12.2 Å². The number of carbonyl (C=O) groups is 1. The molecule has 0 radical (unpaired) electrons. The maximum Gasteiger partial charge on any atom is 0.139 e. The molecule has 1 heterocycles. The van der Waals surface area contributed by atoms with Gasteiger partial charge in [-0.3, -0.25) is 4.79 Å². The summed E-state index contributed by atoms with van der Waals surface area (Å²) in [6.45, 7) is 7.79. The normalized spacial score (nSPS) is 18.5. The fourth-order valence-corrected chi connectivity index (χ4v) is 2.95. The van der Waals surface area contributed by atoms with E-state index >= 15 is 0 Å². The topological polar surface area (TPSA) is 26.3 Å². The van der Waals surface area contributed by atoms with Gasteiger partial charge in [0.1, 0.15) is 5.78 Å². The van der Waals surface area contributed by atoms with Crippen molar-refractivity contribution in [3.63, 3.8) is 0 Å². The molecule has 2 rings (SSSR count). The van der Waals surface area contributed by atoms with Crippen LogP contribution in [-0.2, 0) is 9.53 Å². The SMILES string of the molecule is C/C(=C/CCC(=O)C1(C)CCOCC1)c1ccccc1C. The van der Waals surface area contributed by atoms with Gasteiger partial charge in [-0.25, -0.2) is 0 Å². The number of carbonyl (C=O) groups excluding carboxylic acids is 1. The Hall–Kier alpha value is -1.41. The number of hydrogen-bond donors (Lipinski definition) is 0. The molecule has 1 aliphatic heterocycles. The van der Waals surface area contributed by atoms with Gasteiger partial charge in [-0.15, -0.1) is 0 Å². The van der Waals surface area contributed by atoms with Crippen molar-refractivity contribution >= 4 is 11.4 Å². The van der Waals surface area contributed by atoms with Crippen LogP contribution in [0.15, 0.2) is 30.3 Å². The third kappa shape index (κ3) is 4.04. The minimum absolute atomic E-state index is 0.164. The van der Waals surface area contributed by atoms with E-state index in [1.165, 1.54) is 16.7 Å². The average molecular weight is 286 g/mol. The minimum atomic E-state index is -0.164. The Morgan fingerprint density at radius 3 is 2.62 bits per heavy atom. The molecule has 0 aliphatic carbocycles. The van der Waals surface area contributed by atoms with Crippen molar-refractivity contribution in [2.75, 3.05) is 13.2 Å². The highest BCUT2D eigenvalue weighted by molar-refractivity contribution is 5.84. The van der Waals surface area contributed by atoms with Crippen LogP contribution in [0.2, 0.25) is 0 Å². The van der Waals surface area contributed by atoms with Crippen molar-refractivity contribution in [2.45, 2.75) is 46.5 Å². The molecule has 2 nitrogen and oxygen atoms in total. The molecule has 1 aliphatic rings. The molecule has 2 heteroatoms. The van der Waals surface area contributed by atoms with Crippen LogP contribution in [0.4, 0.5) is 0 Å². The number of aryl methyl sites for hydroxylation is 1. The Kier molecular flexibility index (Phi) is 5.35. The third-order valence-corrected chi connectivity index (χ3v) is 4.66. The summed E-state index contributed by atoms with van der Waals surface area (Å²) in [6, 6.07) is 8.39. The molecule has 0 amide bonds. The lowest BCUT2D eigenvalue weighted by atomic mass is 9.77. The Morgan fingerprint density at radius 1 is 1.29 bits per heavy atom. The summed E-state index contributed by atoms with van der Waals surface area (Å²) in [5, 5.41) is 0. The number of rotatable bonds is 5. The van der Waals surface area contributed by atoms with E-state index in [-0.39, 0.29) is 5.41 Å². The van der Waals surface area contributed by atoms with Crippen LogP contribution in [0.5, 0.6) is 0 Å². The molecule has 21 heavy (non-hydrogen) atoms. The van der Waals surface area contributed by atoms with Crippen LogP contribution in [0.3, 0.4) is 0 Å². The molecule has 114 valence electrons. The molecule has 1 aromatic carbocycles. The Bertz CT molecular complexity index is 522. The largest absolute Gasteiger partial charge is 0.381 e. The van der Waals surface area contributed by atoms with Gasteiger partial charge in [0.05, 0.1) is 0 Å². The van der Waals surface area contributed by atoms with E-state index < -0.39 is 0 Å². The number of Topliss-reactive ketones (excluding diaryl/α,β-unsaturated/α-hetero) is 1. The first-order chi connectivity index (χ1) is 10.0. The smallest absolute Gasteiger partial charge is 0.139 e. The second kappa shape index (κ2) is 7.04. The maximum atomic E-state index is 12.4. The molecule has 0 N–H and O–H groups in total. The van der Waals surface area contributed by atoms with Gasteiger partial charge in [0.15, 0.2) is 0 Å². The highest BCUT2D eigenvalue weighted by Gasteiger charge is 2.33. The van der Waals surface area contributed by atoms with Crippen LogP contribution in [-0.4, -0.2) is 19.0 Å². The predicted octanol–water partition coefficient (Wildman–Crippen LogP) is 4.56. The molecular formula is C19H26O2. The molecule has 0 unspecified atom stereocenters. The average Bonchev–Trinajstić information content (AvgIpc) is 2.48. The lowest BCUT2D eigenvalue weighted by Gasteiger charge is -2.31. The van der Waals surface area contributed by atoms with E-state index in [1.807, 2.05) is 0 Å². The first kappa shape index (κ1) is 16.0. The zero-order chi connectivity index (χ0) is 15.3. The van der Waals surface area contributed by atoms with Crippen molar-refractivity contribution in [3.8, 4) is 0 Å². The number of ether oxygens (including phenoxy) is 1. The van der Waals surface area contributed by atoms with Crippen molar-refractivity contribution in [3.05, 3.63) is 41.5 Å². The zero-order valence-electron chi connectivity index (χ0n) is 13.4. The van der Waals surface area contributed by atoms with Crippen molar-refractivity contribution in [1.29, 1.82) is 0 Å². The van der Waals surface area contributed by atoms with Crippen LogP contribution in [0, 0.1) is 12.3 Å². The van der Waals surface area contributed by atoms with Crippen molar-refractivity contribution < 1.29 is 9.53 Å². The highest BCUT2D eigenvalue weighted by Crippen LogP contribution is 2.32. The Morgan fingerprint density at radius 2 is 1.95 bits per heavy atom. The van der Waals surface area contributed by atoms with E-state index in [9.17, 15) is 4.79 Å². The first-order valence-electron chi connectivity index (χ1n) is 7.87. The highest BCUT2D eigenvalue weighted by atomic mass is 16.5. The predicted molar refractivity (Wildman–Crippen MR) is 87.2 cm³/mol. The van der Waals surface area contributed by atoms with Gasteiger partial charge in [0, 0.05) is 25.0 Å². The van der Waals surface area contributed by atoms with Crippen LogP contribution in [0.1, 0.15) is 50.7 Å². The molecule has 1 fully saturated rings. The molecular weight excluding hydrogens is 260 g/mol. The molecule has 1 saturated heterocycles. The van der Waals surface area contributed by atoms with Crippen LogP contribution < -0.4 is 0 Å². The van der Waals surface area contributed by atoms with Gasteiger partial charge in [-0.05, 0) is 49.8 Å². The lowest BCUT2D eigenvalue weighted by Crippen LogP contribution is -2.34. The second-order valence-electron chi connectivity index (χ2n) is 6.34. The van der Waals surface area contributed by atoms with Gasteiger partial charge >= 0.3 is 0 Å². The van der Waals surface area contributed by atoms with Gasteiger partial charge in [0.2, 0.25) is 0 Å². The molecule has 0 aromatic heterocycles. The summed E-state index contributed by atoms with van der Waals surface area (Å²) < 4.78 is 5.36. The van der Waals surface area contributed by atoms with Crippen molar-refractivity contribution in [1.82, 2.24) is 0 Å². The van der Waals surface area contributed by atoms with Gasteiger partial charge < -0.3 is 4.74 Å². The fraction of sp³-hybridized carbons (Fsp3) is 0.526. The Balaban J connectivity index is 1.92. The second-order valence-corrected chi connectivity index (χ2v) is 6.34. The lowest BCUT2D eigenvalue weighted by molar-refractivity contribution is -0.132. The summed E-state index contributed by atoms with van der Waals surface area (Å²) in [7, 11) is 0. The number of hydrogen-bond acceptors (Lipinski definition) is 2. The summed E-state index contributed by atoms with van der Waals surface area (Å²) in [5.41, 5.74) is 3.66. The van der Waals surface area contributed by atoms with E-state index in [0.717, 1.165) is 32.5 Å². The first-order valence-corrected chi connectivity index (χ1v) is 7.87. The van der Waals surface area contributed by atoms with E-state index in [1.54, 1.807) is 0 Å². The quantitative estimate of drug-likeness (QED) is 0.793. The summed E-state index contributed by atoms with van der Waals surface area (Å²) in [6.07, 6.45) is 5.40. The van der Waals surface area contributed by atoms with E-state index in [2.05, 4.69) is 51.1 Å². The number of allylic oxidation sites excluding steroid dienone is 2. The van der Waals surface area contributed by atoms with E-state index in [4.69, 9.17) is 4.74 Å². The minimum Gasteiger partial charge on any atom is -0.381 e. The number of ketones is 1. The Labute approximate surface area is 128 Å². The monoisotopic (exact) mass is 286 g/mol. The maximum absolute atomic E-state index is 12.4. The van der Waals surface area contributed by atoms with Gasteiger partial charge in [-0.1, -0.05) is 37.3 Å². The van der Waals surface area contributed by atoms with Gasteiger partial charge in [-0.2, -0.15) is 0 Å². The summed E-state index contributed by atoms with van der Waals surface area (Å²) >= 11 is 0. The molecule has 0 atom stereocenters. The third-order valence-electron chi connectivity index (χ3n) is 4.66. The zero-order valence-corrected chi connectivity index (χ0v) is 13.4. The summed E-state index contributed by atoms with van der Waals surface area (Å²) in [5.74, 6) is 0.389. The van der Waals surface area contributed by atoms with Gasteiger partial charge in [0.25, 0.3) is 0 Å². The molecule has 0 saturated carbocycles. The van der Waals surface area contributed by atoms with Crippen molar-refractivity contribution in [2.24, 2.45) is 5.41 Å². The van der Waals surface area contributed by atoms with Crippen LogP contribution in [0.25, 0.3) is 5.57 Å².